The Kier molecular flexibility index (Phi) is 6.38. The maximum Gasteiger partial charge on any atom is 0.278 e. The first-order valence-electron chi connectivity index (χ1n) is 10.4. The number of halogens is 1. The molecule has 2 aromatic heterocycles. The van der Waals surface area contributed by atoms with Crippen molar-refractivity contribution in [2.24, 2.45) is 0 Å². The standard InChI is InChI=1S/C22H26ClN5O3/c1-14(2)28-18-9-11-30-13-16(18)21(25-28)22-24-19(26-31-22)8-10-27(3)20(29)12-15-6-4-5-7-17(15)23/h4-7,14H,8-13H2,1-3H3. The molecule has 0 spiro atoms. The molecule has 0 fully saturated rings. The molecule has 164 valence electrons. The van der Waals surface area contributed by atoms with E-state index in [1.165, 1.54) is 5.69 Å². The summed E-state index contributed by atoms with van der Waals surface area (Å²) in [6.45, 7) is 5.86. The normalized spacial score (nSPS) is 13.5. The molecule has 3 heterocycles. The van der Waals surface area contributed by atoms with Crippen molar-refractivity contribution in [3.63, 3.8) is 0 Å². The highest BCUT2D eigenvalue weighted by atomic mass is 35.5. The van der Waals surface area contributed by atoms with Crippen LogP contribution in [0.1, 0.15) is 42.5 Å². The molecular formula is C22H26ClN5O3. The highest BCUT2D eigenvalue weighted by Crippen LogP contribution is 2.30. The van der Waals surface area contributed by atoms with Gasteiger partial charge in [-0.25, -0.2) is 0 Å². The van der Waals surface area contributed by atoms with Crippen LogP contribution >= 0.6 is 11.6 Å². The van der Waals surface area contributed by atoms with Gasteiger partial charge in [-0.05, 0) is 25.5 Å². The van der Waals surface area contributed by atoms with E-state index >= 15 is 0 Å². The number of rotatable bonds is 7. The number of hydrogen-bond donors (Lipinski definition) is 0. The second-order valence-electron chi connectivity index (χ2n) is 7.96. The molecule has 1 aromatic carbocycles. The van der Waals surface area contributed by atoms with Crippen LogP contribution in [0.5, 0.6) is 0 Å². The van der Waals surface area contributed by atoms with Gasteiger partial charge in [0.1, 0.15) is 0 Å². The lowest BCUT2D eigenvalue weighted by Crippen LogP contribution is -2.30. The third-order valence-corrected chi connectivity index (χ3v) is 5.77. The molecule has 0 bridgehead atoms. The van der Waals surface area contributed by atoms with Gasteiger partial charge in [-0.15, -0.1) is 0 Å². The smallest absolute Gasteiger partial charge is 0.278 e. The molecule has 0 aliphatic carbocycles. The van der Waals surface area contributed by atoms with Crippen LogP contribution in [0.15, 0.2) is 28.8 Å². The number of ether oxygens (including phenoxy) is 1. The van der Waals surface area contributed by atoms with Gasteiger partial charge < -0.3 is 14.2 Å². The highest BCUT2D eigenvalue weighted by Gasteiger charge is 2.26. The molecule has 9 heteroatoms. The van der Waals surface area contributed by atoms with Gasteiger partial charge in [0, 0.05) is 48.8 Å². The molecule has 0 saturated carbocycles. The van der Waals surface area contributed by atoms with Crippen molar-refractivity contribution in [3.05, 3.63) is 51.9 Å². The maximum absolute atomic E-state index is 12.5. The number of carbonyl (C=O) groups excluding carboxylic acids is 1. The molecule has 0 radical (unpaired) electrons. The number of nitrogens with zero attached hydrogens (tertiary/aromatic N) is 5. The molecule has 31 heavy (non-hydrogen) atoms. The minimum absolute atomic E-state index is 0.0151. The fraction of sp³-hybridized carbons (Fsp3) is 0.455. The Labute approximate surface area is 186 Å². The number of hydrogen-bond acceptors (Lipinski definition) is 6. The summed E-state index contributed by atoms with van der Waals surface area (Å²) in [4.78, 5) is 18.7. The molecule has 3 aromatic rings. The van der Waals surface area contributed by atoms with Crippen LogP contribution in [0.4, 0.5) is 0 Å². The number of benzene rings is 1. The van der Waals surface area contributed by atoms with Crippen molar-refractivity contribution in [2.45, 2.75) is 45.8 Å². The topological polar surface area (TPSA) is 86.3 Å². The molecule has 0 atom stereocenters. The molecule has 0 saturated heterocycles. The van der Waals surface area contributed by atoms with Crippen LogP contribution in [-0.2, 0) is 35.4 Å². The molecule has 0 N–H and O–H groups in total. The van der Waals surface area contributed by atoms with Crippen molar-refractivity contribution in [1.29, 1.82) is 0 Å². The Morgan fingerprint density at radius 2 is 2.13 bits per heavy atom. The van der Waals surface area contributed by atoms with Crippen molar-refractivity contribution in [1.82, 2.24) is 24.8 Å². The van der Waals surface area contributed by atoms with E-state index in [-0.39, 0.29) is 18.4 Å². The van der Waals surface area contributed by atoms with Crippen LogP contribution in [0.2, 0.25) is 5.02 Å². The van der Waals surface area contributed by atoms with Crippen LogP contribution in [-0.4, -0.2) is 50.9 Å². The molecule has 0 unspecified atom stereocenters. The van der Waals surface area contributed by atoms with E-state index in [0.29, 0.717) is 48.6 Å². The summed E-state index contributed by atoms with van der Waals surface area (Å²) < 4.78 is 13.1. The van der Waals surface area contributed by atoms with Crippen LogP contribution in [0.3, 0.4) is 0 Å². The van der Waals surface area contributed by atoms with Crippen molar-refractivity contribution >= 4 is 17.5 Å². The summed E-state index contributed by atoms with van der Waals surface area (Å²) >= 11 is 6.16. The molecule has 1 amide bonds. The Balaban J connectivity index is 1.42. The van der Waals surface area contributed by atoms with E-state index in [0.717, 1.165) is 17.5 Å². The zero-order chi connectivity index (χ0) is 22.0. The number of likely N-dealkylation sites (N-methyl/N-ethyl adjacent to an activating group) is 1. The van der Waals surface area contributed by atoms with Gasteiger partial charge in [0.05, 0.1) is 19.6 Å². The van der Waals surface area contributed by atoms with Crippen molar-refractivity contribution < 1.29 is 14.1 Å². The molecule has 1 aliphatic heterocycles. The third-order valence-electron chi connectivity index (χ3n) is 5.40. The molecule has 4 rings (SSSR count). The number of aromatic nitrogens is 4. The summed E-state index contributed by atoms with van der Waals surface area (Å²) in [5, 5.41) is 9.40. The first-order chi connectivity index (χ1) is 14.9. The Bertz CT molecular complexity index is 1080. The number of fused-ring (bicyclic) bond motifs is 1. The predicted octanol–water partition coefficient (Wildman–Crippen LogP) is 3.48. The van der Waals surface area contributed by atoms with Crippen LogP contribution < -0.4 is 0 Å². The van der Waals surface area contributed by atoms with Crippen LogP contribution in [0, 0.1) is 0 Å². The zero-order valence-corrected chi connectivity index (χ0v) is 18.7. The molecule has 8 nitrogen and oxygen atoms in total. The van der Waals surface area contributed by atoms with E-state index in [9.17, 15) is 4.79 Å². The minimum atomic E-state index is -0.0151. The lowest BCUT2D eigenvalue weighted by molar-refractivity contribution is -0.129. The van der Waals surface area contributed by atoms with Crippen LogP contribution in [0.25, 0.3) is 11.6 Å². The van der Waals surface area contributed by atoms with Gasteiger partial charge in [-0.2, -0.15) is 10.1 Å². The SMILES string of the molecule is CC(C)n1nc(-c2nc(CCN(C)C(=O)Cc3ccccc3Cl)no2)c2c1CCOC2. The summed E-state index contributed by atoms with van der Waals surface area (Å²) in [5.41, 5.74) is 3.68. The predicted molar refractivity (Wildman–Crippen MR) is 116 cm³/mol. The van der Waals surface area contributed by atoms with Gasteiger partial charge in [-0.3, -0.25) is 9.48 Å². The van der Waals surface area contributed by atoms with Gasteiger partial charge in [0.25, 0.3) is 5.89 Å². The minimum Gasteiger partial charge on any atom is -0.376 e. The highest BCUT2D eigenvalue weighted by molar-refractivity contribution is 6.31. The summed E-state index contributed by atoms with van der Waals surface area (Å²) in [7, 11) is 1.76. The first kappa shape index (κ1) is 21.5. The Morgan fingerprint density at radius 3 is 2.90 bits per heavy atom. The third kappa shape index (κ3) is 4.65. The average molecular weight is 444 g/mol. The Hall–Kier alpha value is -2.71. The summed E-state index contributed by atoms with van der Waals surface area (Å²) in [6, 6.07) is 7.61. The second-order valence-corrected chi connectivity index (χ2v) is 8.37. The number of carbonyl (C=O) groups is 1. The number of amides is 1. The fourth-order valence-electron chi connectivity index (χ4n) is 3.65. The van der Waals surface area contributed by atoms with Gasteiger partial charge in [-0.1, -0.05) is 35.0 Å². The second kappa shape index (κ2) is 9.20. The van der Waals surface area contributed by atoms with Gasteiger partial charge in [0.2, 0.25) is 5.91 Å². The lowest BCUT2D eigenvalue weighted by Gasteiger charge is -2.16. The largest absolute Gasteiger partial charge is 0.376 e. The summed E-state index contributed by atoms with van der Waals surface area (Å²) in [5.74, 6) is 0.914. The van der Waals surface area contributed by atoms with Crippen molar-refractivity contribution in [3.8, 4) is 11.6 Å². The lowest BCUT2D eigenvalue weighted by atomic mass is 10.1. The van der Waals surface area contributed by atoms with Crippen molar-refractivity contribution in [2.75, 3.05) is 20.2 Å². The molecule has 1 aliphatic rings. The van der Waals surface area contributed by atoms with E-state index < -0.39 is 0 Å². The zero-order valence-electron chi connectivity index (χ0n) is 18.0. The monoisotopic (exact) mass is 443 g/mol. The van der Waals surface area contributed by atoms with Gasteiger partial charge >= 0.3 is 0 Å². The first-order valence-corrected chi connectivity index (χ1v) is 10.8. The van der Waals surface area contributed by atoms with E-state index in [1.807, 2.05) is 22.9 Å². The fourth-order valence-corrected chi connectivity index (χ4v) is 3.85. The average Bonchev–Trinajstić information content (AvgIpc) is 3.38. The summed E-state index contributed by atoms with van der Waals surface area (Å²) in [6.07, 6.45) is 1.56. The van der Waals surface area contributed by atoms with E-state index in [1.54, 1.807) is 18.0 Å². The van der Waals surface area contributed by atoms with Gasteiger partial charge in [0.15, 0.2) is 11.5 Å². The molecular weight excluding hydrogens is 418 g/mol. The quantitative estimate of drug-likeness (QED) is 0.555. The maximum atomic E-state index is 12.5. The van der Waals surface area contributed by atoms with E-state index in [4.69, 9.17) is 26.0 Å². The van der Waals surface area contributed by atoms with E-state index in [2.05, 4.69) is 24.0 Å². The Morgan fingerprint density at radius 1 is 1.32 bits per heavy atom.